The van der Waals surface area contributed by atoms with Gasteiger partial charge in [0.2, 0.25) is 0 Å². The molecule has 7 atom stereocenters. The van der Waals surface area contributed by atoms with Crippen molar-refractivity contribution < 1.29 is 24.5 Å². The van der Waals surface area contributed by atoms with Crippen molar-refractivity contribution in [2.24, 2.45) is 28.6 Å². The Morgan fingerprint density at radius 2 is 2.07 bits per heavy atom. The van der Waals surface area contributed by atoms with E-state index >= 15 is 0 Å². The molecule has 2 N–H and O–H groups in total. The Kier molecular flexibility index (Phi) is 4.63. The number of carboxylic acid groups (broad SMARTS) is 1. The predicted octanol–water partition coefficient (Wildman–Crippen LogP) is 3.52. The summed E-state index contributed by atoms with van der Waals surface area (Å²) < 4.78 is 6.07. The monoisotopic (exact) mass is 388 g/mol. The normalized spacial score (nSPS) is 47.1. The highest BCUT2D eigenvalue weighted by molar-refractivity contribution is 6.01. The van der Waals surface area contributed by atoms with Crippen LogP contribution in [0.15, 0.2) is 23.8 Å². The highest BCUT2D eigenvalue weighted by atomic mass is 16.5. The number of aliphatic hydroxyl groups is 1. The quantitative estimate of drug-likeness (QED) is 0.770. The Bertz CT molecular complexity index is 754. The van der Waals surface area contributed by atoms with Crippen LogP contribution in [0, 0.1) is 28.6 Å². The van der Waals surface area contributed by atoms with Gasteiger partial charge in [0.25, 0.3) is 0 Å². The topological polar surface area (TPSA) is 83.8 Å². The summed E-state index contributed by atoms with van der Waals surface area (Å²) in [6, 6.07) is 0. The highest BCUT2D eigenvalue weighted by Gasteiger charge is 2.69. The number of rotatable bonds is 4. The number of fused-ring (bicyclic) bond motifs is 5. The molecule has 0 amide bonds. The molecule has 5 heteroatoms. The van der Waals surface area contributed by atoms with Gasteiger partial charge in [0.15, 0.2) is 11.4 Å². The minimum atomic E-state index is -1.21. The third-order valence-corrected chi connectivity index (χ3v) is 8.51. The molecule has 0 aliphatic heterocycles. The highest BCUT2D eigenvalue weighted by Crippen LogP contribution is 2.67. The summed E-state index contributed by atoms with van der Waals surface area (Å²) in [6.07, 6.45) is 9.02. The number of ketones is 1. The fraction of sp³-hybridized carbons (Fsp3) is 0.739. The molecular weight excluding hydrogens is 356 g/mol. The van der Waals surface area contributed by atoms with Gasteiger partial charge < -0.3 is 14.9 Å². The first kappa shape index (κ1) is 19.8. The first-order valence-electron chi connectivity index (χ1n) is 10.7. The molecule has 0 aromatic carbocycles. The molecule has 5 nitrogen and oxygen atoms in total. The Hall–Kier alpha value is -1.46. The standard InChI is InChI=1S/C23H32O5/c1-4-11-28-23(20(26)27)10-8-17-16-6-5-14-12-15(24)7-9-21(14,2)19(16)18(25)13-22(17,23)3/h7,9,12,16-19,25H,4-6,8,10-11,13H2,1-3H3,(H,26,27)/t16-,17-,18-,19+,21-,22-,23-/m0/s1. The number of hydrogen-bond acceptors (Lipinski definition) is 4. The second-order valence-corrected chi connectivity index (χ2v) is 9.73. The Labute approximate surface area is 166 Å². The summed E-state index contributed by atoms with van der Waals surface area (Å²) in [5, 5.41) is 21.5. The van der Waals surface area contributed by atoms with Gasteiger partial charge >= 0.3 is 5.97 Å². The Morgan fingerprint density at radius 3 is 2.75 bits per heavy atom. The molecule has 0 aromatic rings. The van der Waals surface area contributed by atoms with Crippen LogP contribution >= 0.6 is 0 Å². The van der Waals surface area contributed by atoms with E-state index in [1.54, 1.807) is 12.2 Å². The summed E-state index contributed by atoms with van der Waals surface area (Å²) >= 11 is 0. The number of hydrogen-bond donors (Lipinski definition) is 2. The fourth-order valence-corrected chi connectivity index (χ4v) is 7.24. The lowest BCUT2D eigenvalue weighted by Gasteiger charge is -2.59. The van der Waals surface area contributed by atoms with Crippen LogP contribution in [0.2, 0.25) is 0 Å². The molecule has 4 aliphatic rings. The molecule has 28 heavy (non-hydrogen) atoms. The lowest BCUT2D eigenvalue weighted by molar-refractivity contribution is -0.205. The van der Waals surface area contributed by atoms with Crippen molar-refractivity contribution in [1.82, 2.24) is 0 Å². The third-order valence-electron chi connectivity index (χ3n) is 8.51. The second-order valence-electron chi connectivity index (χ2n) is 9.73. The van der Waals surface area contributed by atoms with Gasteiger partial charge in [0.05, 0.1) is 6.10 Å². The number of carbonyl (C=O) groups excluding carboxylic acids is 1. The number of allylic oxidation sites excluding steroid dienone is 4. The van der Waals surface area contributed by atoms with E-state index in [-0.39, 0.29) is 29.0 Å². The average Bonchev–Trinajstić information content (AvgIpc) is 2.93. The van der Waals surface area contributed by atoms with E-state index in [0.29, 0.717) is 19.4 Å². The van der Waals surface area contributed by atoms with Crippen LogP contribution in [0.1, 0.15) is 59.3 Å². The maximum absolute atomic E-state index is 12.4. The number of carboxylic acids is 1. The van der Waals surface area contributed by atoms with Crippen LogP contribution in [0.5, 0.6) is 0 Å². The van der Waals surface area contributed by atoms with E-state index in [1.165, 1.54) is 0 Å². The zero-order chi connectivity index (χ0) is 20.3. The molecule has 3 fully saturated rings. The predicted molar refractivity (Wildman–Crippen MR) is 105 cm³/mol. The van der Waals surface area contributed by atoms with Gasteiger partial charge in [-0.1, -0.05) is 32.4 Å². The molecule has 0 unspecified atom stereocenters. The Balaban J connectivity index is 1.73. The Morgan fingerprint density at radius 1 is 1.32 bits per heavy atom. The minimum Gasteiger partial charge on any atom is -0.479 e. The third kappa shape index (κ3) is 2.45. The summed E-state index contributed by atoms with van der Waals surface area (Å²) in [4.78, 5) is 24.3. The van der Waals surface area contributed by atoms with Crippen molar-refractivity contribution in [2.75, 3.05) is 6.61 Å². The molecule has 0 aromatic heterocycles. The largest absolute Gasteiger partial charge is 0.479 e. The van der Waals surface area contributed by atoms with Gasteiger partial charge in [0.1, 0.15) is 0 Å². The van der Waals surface area contributed by atoms with Gasteiger partial charge in [-0.2, -0.15) is 0 Å². The van der Waals surface area contributed by atoms with E-state index < -0.39 is 23.1 Å². The zero-order valence-electron chi connectivity index (χ0n) is 17.1. The van der Waals surface area contributed by atoms with Crippen LogP contribution in [0.3, 0.4) is 0 Å². The van der Waals surface area contributed by atoms with Crippen molar-refractivity contribution in [3.8, 4) is 0 Å². The molecule has 0 bridgehead atoms. The maximum Gasteiger partial charge on any atom is 0.336 e. The molecule has 4 rings (SSSR count). The van der Waals surface area contributed by atoms with E-state index in [0.717, 1.165) is 31.3 Å². The molecule has 0 heterocycles. The van der Waals surface area contributed by atoms with E-state index in [4.69, 9.17) is 4.74 Å². The lowest BCUT2D eigenvalue weighted by atomic mass is 9.46. The van der Waals surface area contributed by atoms with Gasteiger partial charge in [-0.15, -0.1) is 0 Å². The molecule has 0 saturated heterocycles. The molecule has 0 radical (unpaired) electrons. The van der Waals surface area contributed by atoms with Crippen molar-refractivity contribution in [1.29, 1.82) is 0 Å². The molecule has 3 saturated carbocycles. The van der Waals surface area contributed by atoms with Crippen molar-refractivity contribution in [3.05, 3.63) is 23.8 Å². The summed E-state index contributed by atoms with van der Waals surface area (Å²) in [5.41, 5.74) is -1.00. The lowest BCUT2D eigenvalue weighted by Crippen LogP contribution is -2.62. The molecule has 0 spiro atoms. The fourth-order valence-electron chi connectivity index (χ4n) is 7.24. The zero-order valence-corrected chi connectivity index (χ0v) is 17.1. The van der Waals surface area contributed by atoms with Crippen LogP contribution in [-0.4, -0.2) is 40.3 Å². The molecule has 4 aliphatic carbocycles. The smallest absolute Gasteiger partial charge is 0.336 e. The van der Waals surface area contributed by atoms with Gasteiger partial charge in [0, 0.05) is 23.4 Å². The maximum atomic E-state index is 12.4. The number of aliphatic hydroxyl groups excluding tert-OH is 1. The number of aliphatic carboxylic acids is 1. The number of carbonyl (C=O) groups is 2. The van der Waals surface area contributed by atoms with Crippen molar-refractivity contribution in [2.45, 2.75) is 71.0 Å². The van der Waals surface area contributed by atoms with E-state index in [2.05, 4.69) is 6.92 Å². The van der Waals surface area contributed by atoms with Crippen LogP contribution in [0.25, 0.3) is 0 Å². The van der Waals surface area contributed by atoms with Gasteiger partial charge in [-0.25, -0.2) is 4.79 Å². The second kappa shape index (κ2) is 6.53. The first-order valence-corrected chi connectivity index (χ1v) is 10.7. The number of ether oxygens (including phenoxy) is 1. The summed E-state index contributed by atoms with van der Waals surface area (Å²) in [6.45, 7) is 6.58. The average molecular weight is 389 g/mol. The first-order chi connectivity index (χ1) is 13.2. The molecular formula is C23H32O5. The van der Waals surface area contributed by atoms with Gasteiger partial charge in [-0.05, 0) is 62.5 Å². The van der Waals surface area contributed by atoms with Crippen LogP contribution in [0.4, 0.5) is 0 Å². The van der Waals surface area contributed by atoms with E-state index in [1.807, 2.05) is 19.9 Å². The van der Waals surface area contributed by atoms with E-state index in [9.17, 15) is 19.8 Å². The minimum absolute atomic E-state index is 0.0192. The SMILES string of the molecule is CCCO[C@]1(C(=O)O)CC[C@H]2[C@@H]3CCC4=CC(=O)C=C[C@]4(C)[C@H]3[C@@H](O)C[C@@]21C. The summed E-state index contributed by atoms with van der Waals surface area (Å²) in [7, 11) is 0. The van der Waals surface area contributed by atoms with Crippen molar-refractivity contribution in [3.63, 3.8) is 0 Å². The van der Waals surface area contributed by atoms with Crippen LogP contribution in [-0.2, 0) is 14.3 Å². The summed E-state index contributed by atoms with van der Waals surface area (Å²) in [5.74, 6) is -0.397. The van der Waals surface area contributed by atoms with Crippen molar-refractivity contribution >= 4 is 11.8 Å². The molecule has 154 valence electrons. The van der Waals surface area contributed by atoms with Gasteiger partial charge in [-0.3, -0.25) is 4.79 Å². The van der Waals surface area contributed by atoms with Crippen LogP contribution < -0.4 is 0 Å².